The van der Waals surface area contributed by atoms with E-state index in [0.29, 0.717) is 67.0 Å². The van der Waals surface area contributed by atoms with E-state index in [1.807, 2.05) is 12.1 Å². The average Bonchev–Trinajstić information content (AvgIpc) is 3.37. The molecule has 0 radical (unpaired) electrons. The second-order valence-corrected chi connectivity index (χ2v) is 9.53. The van der Waals surface area contributed by atoms with Crippen LogP contribution in [0.3, 0.4) is 0 Å². The Bertz CT molecular complexity index is 1180. The highest BCUT2D eigenvalue weighted by Gasteiger charge is 2.41. The minimum absolute atomic E-state index is 0.0998. The van der Waals surface area contributed by atoms with E-state index in [4.69, 9.17) is 23.7 Å². The molecule has 0 saturated carbocycles. The molecule has 2 aromatic rings. The standard InChI is InChI=1S/C28H37N3O8/c1-35-22-8-6-18(14-24(22)37-3)27(33)31-17-20(32)15-21(31)28(34)30-12-10-29(11-13-30)16-19-7-9-23(36-2)26(39-5)25(19)38-4/h6-9,14,20-21,32H,10-13,15-17H2,1-5H3/t20-,21+/m1/s1. The zero-order valence-corrected chi connectivity index (χ0v) is 23.1. The number of hydrogen-bond acceptors (Lipinski definition) is 9. The van der Waals surface area contributed by atoms with Crippen LogP contribution in [0.1, 0.15) is 22.3 Å². The summed E-state index contributed by atoms with van der Waals surface area (Å²) >= 11 is 0. The minimum Gasteiger partial charge on any atom is -0.493 e. The average molecular weight is 544 g/mol. The number of rotatable bonds is 9. The van der Waals surface area contributed by atoms with Crippen molar-refractivity contribution in [1.29, 1.82) is 0 Å². The fraction of sp³-hybridized carbons (Fsp3) is 0.500. The normalized spacial score (nSPS) is 19.5. The summed E-state index contributed by atoms with van der Waals surface area (Å²) < 4.78 is 27.1. The lowest BCUT2D eigenvalue weighted by Crippen LogP contribution is -2.54. The van der Waals surface area contributed by atoms with E-state index < -0.39 is 12.1 Å². The minimum atomic E-state index is -0.762. The van der Waals surface area contributed by atoms with Gasteiger partial charge in [-0.05, 0) is 24.3 Å². The Morgan fingerprint density at radius 3 is 2.08 bits per heavy atom. The zero-order valence-electron chi connectivity index (χ0n) is 23.1. The van der Waals surface area contributed by atoms with Crippen LogP contribution in [-0.4, -0.2) is 112 Å². The number of methoxy groups -OCH3 is 5. The van der Waals surface area contributed by atoms with E-state index in [-0.39, 0.29) is 24.8 Å². The van der Waals surface area contributed by atoms with E-state index >= 15 is 0 Å². The van der Waals surface area contributed by atoms with Gasteiger partial charge < -0.3 is 38.6 Å². The van der Waals surface area contributed by atoms with Gasteiger partial charge in [-0.25, -0.2) is 0 Å². The van der Waals surface area contributed by atoms with Crippen molar-refractivity contribution >= 4 is 11.8 Å². The maximum absolute atomic E-state index is 13.5. The van der Waals surface area contributed by atoms with Crippen LogP contribution in [0.15, 0.2) is 30.3 Å². The fourth-order valence-corrected chi connectivity index (χ4v) is 5.27. The molecule has 2 aromatic carbocycles. The molecule has 2 aliphatic rings. The molecule has 0 aliphatic carbocycles. The zero-order chi connectivity index (χ0) is 28.1. The smallest absolute Gasteiger partial charge is 0.254 e. The summed E-state index contributed by atoms with van der Waals surface area (Å²) in [4.78, 5) is 32.4. The number of piperazine rings is 1. The van der Waals surface area contributed by atoms with Gasteiger partial charge in [-0.15, -0.1) is 0 Å². The number of ether oxygens (including phenoxy) is 5. The first kappa shape index (κ1) is 28.3. The van der Waals surface area contributed by atoms with E-state index in [1.54, 1.807) is 44.4 Å². The number of nitrogens with zero attached hydrogens (tertiary/aromatic N) is 3. The Hall–Kier alpha value is -3.70. The molecule has 1 N–H and O–H groups in total. The number of carbonyl (C=O) groups is 2. The summed E-state index contributed by atoms with van der Waals surface area (Å²) in [5, 5.41) is 10.4. The van der Waals surface area contributed by atoms with Crippen molar-refractivity contribution in [2.75, 3.05) is 68.3 Å². The van der Waals surface area contributed by atoms with Crippen LogP contribution < -0.4 is 23.7 Å². The Kier molecular flexibility index (Phi) is 9.03. The number of likely N-dealkylation sites (tertiary alicyclic amines) is 1. The third-order valence-corrected chi connectivity index (χ3v) is 7.32. The van der Waals surface area contributed by atoms with Crippen molar-refractivity contribution in [3.8, 4) is 28.7 Å². The van der Waals surface area contributed by atoms with Crippen LogP contribution in [0.4, 0.5) is 0 Å². The fourth-order valence-electron chi connectivity index (χ4n) is 5.27. The van der Waals surface area contributed by atoms with Crippen molar-refractivity contribution in [2.24, 2.45) is 0 Å². The second-order valence-electron chi connectivity index (χ2n) is 9.53. The number of carbonyl (C=O) groups excluding carboxylic acids is 2. The molecule has 2 atom stereocenters. The van der Waals surface area contributed by atoms with Gasteiger partial charge in [0, 0.05) is 56.8 Å². The number of amides is 2. The molecule has 212 valence electrons. The number of aliphatic hydroxyl groups is 1. The predicted octanol–water partition coefficient (Wildman–Crippen LogP) is 1.65. The largest absolute Gasteiger partial charge is 0.493 e. The SMILES string of the molecule is COc1ccc(C(=O)N2C[C@H](O)C[C@H]2C(=O)N2CCN(Cc3ccc(OC)c(OC)c3OC)CC2)cc1OC. The third-order valence-electron chi connectivity index (χ3n) is 7.32. The highest BCUT2D eigenvalue weighted by atomic mass is 16.5. The summed E-state index contributed by atoms with van der Waals surface area (Å²) in [7, 11) is 7.78. The van der Waals surface area contributed by atoms with Gasteiger partial charge in [0.25, 0.3) is 5.91 Å². The molecule has 11 heteroatoms. The van der Waals surface area contributed by atoms with E-state index in [9.17, 15) is 14.7 Å². The highest BCUT2D eigenvalue weighted by Crippen LogP contribution is 2.40. The predicted molar refractivity (Wildman–Crippen MR) is 143 cm³/mol. The third kappa shape index (κ3) is 5.84. The first-order valence-corrected chi connectivity index (χ1v) is 12.8. The van der Waals surface area contributed by atoms with E-state index in [0.717, 1.165) is 5.56 Å². The van der Waals surface area contributed by atoms with Crippen molar-refractivity contribution in [3.05, 3.63) is 41.5 Å². The van der Waals surface area contributed by atoms with Crippen LogP contribution in [0, 0.1) is 0 Å². The van der Waals surface area contributed by atoms with Gasteiger partial charge in [-0.1, -0.05) is 6.07 Å². The Balaban J connectivity index is 1.42. The molecule has 39 heavy (non-hydrogen) atoms. The molecule has 0 unspecified atom stereocenters. The maximum atomic E-state index is 13.5. The number of aliphatic hydroxyl groups excluding tert-OH is 1. The number of benzene rings is 2. The summed E-state index contributed by atoms with van der Waals surface area (Å²) in [6.07, 6.45) is -0.553. The topological polar surface area (TPSA) is 110 Å². The summed E-state index contributed by atoms with van der Waals surface area (Å²) in [6.45, 7) is 3.06. The maximum Gasteiger partial charge on any atom is 0.254 e. The second kappa shape index (κ2) is 12.4. The number of β-amino-alcohol motifs (C(OH)–C–C–N with tert-alkyl or cyclic N) is 1. The molecule has 2 heterocycles. The van der Waals surface area contributed by atoms with Gasteiger partial charge in [-0.3, -0.25) is 14.5 Å². The molecule has 0 bridgehead atoms. The molecule has 4 rings (SSSR count). The van der Waals surface area contributed by atoms with Gasteiger partial charge in [0.1, 0.15) is 6.04 Å². The van der Waals surface area contributed by atoms with Crippen molar-refractivity contribution < 1.29 is 38.4 Å². The van der Waals surface area contributed by atoms with Crippen LogP contribution in [0.25, 0.3) is 0 Å². The van der Waals surface area contributed by atoms with Gasteiger partial charge in [0.15, 0.2) is 23.0 Å². The van der Waals surface area contributed by atoms with Crippen LogP contribution in [0.5, 0.6) is 28.7 Å². The Morgan fingerprint density at radius 2 is 1.46 bits per heavy atom. The van der Waals surface area contributed by atoms with Crippen molar-refractivity contribution in [1.82, 2.24) is 14.7 Å². The van der Waals surface area contributed by atoms with Crippen LogP contribution in [0.2, 0.25) is 0 Å². The lowest BCUT2D eigenvalue weighted by atomic mass is 10.1. The molecule has 11 nitrogen and oxygen atoms in total. The molecular formula is C28H37N3O8. The Labute approximate surface area is 228 Å². The van der Waals surface area contributed by atoms with Gasteiger partial charge >= 0.3 is 0 Å². The Morgan fingerprint density at radius 1 is 0.821 bits per heavy atom. The quantitative estimate of drug-likeness (QED) is 0.505. The summed E-state index contributed by atoms with van der Waals surface area (Å²) in [5.74, 6) is 2.22. The van der Waals surface area contributed by atoms with Crippen molar-refractivity contribution in [3.63, 3.8) is 0 Å². The molecule has 0 aromatic heterocycles. The summed E-state index contributed by atoms with van der Waals surface area (Å²) in [5.41, 5.74) is 1.33. The summed E-state index contributed by atoms with van der Waals surface area (Å²) in [6, 6.07) is 7.97. The lowest BCUT2D eigenvalue weighted by Gasteiger charge is -2.37. The first-order valence-electron chi connectivity index (χ1n) is 12.8. The first-order chi connectivity index (χ1) is 18.8. The van der Waals surface area contributed by atoms with Crippen LogP contribution >= 0.6 is 0 Å². The lowest BCUT2D eigenvalue weighted by molar-refractivity contribution is -0.137. The van der Waals surface area contributed by atoms with Gasteiger partial charge in [0.2, 0.25) is 11.7 Å². The monoisotopic (exact) mass is 543 g/mol. The molecular weight excluding hydrogens is 506 g/mol. The highest BCUT2D eigenvalue weighted by molar-refractivity contribution is 5.98. The number of hydrogen-bond donors (Lipinski definition) is 1. The van der Waals surface area contributed by atoms with Crippen molar-refractivity contribution in [2.45, 2.75) is 25.1 Å². The van der Waals surface area contributed by atoms with Gasteiger partial charge in [-0.2, -0.15) is 0 Å². The molecule has 2 amide bonds. The molecule has 2 fully saturated rings. The molecule has 0 spiro atoms. The van der Waals surface area contributed by atoms with Crippen LogP contribution in [-0.2, 0) is 11.3 Å². The van der Waals surface area contributed by atoms with E-state index in [2.05, 4.69) is 4.90 Å². The van der Waals surface area contributed by atoms with E-state index in [1.165, 1.54) is 19.1 Å². The molecule has 2 aliphatic heterocycles. The van der Waals surface area contributed by atoms with Gasteiger partial charge in [0.05, 0.1) is 41.7 Å². The molecule has 2 saturated heterocycles.